The van der Waals surface area contributed by atoms with Crippen molar-refractivity contribution in [1.82, 2.24) is 0 Å². The zero-order chi connectivity index (χ0) is 15.6. The number of benzene rings is 2. The molecule has 0 aliphatic carbocycles. The molecule has 0 aliphatic heterocycles. The van der Waals surface area contributed by atoms with Gasteiger partial charge in [-0.1, -0.05) is 23.7 Å². The van der Waals surface area contributed by atoms with Gasteiger partial charge in [0.05, 0.1) is 20.3 Å². The second-order valence-electron chi connectivity index (χ2n) is 5.05. The highest BCUT2D eigenvalue weighted by molar-refractivity contribution is 6.31. The summed E-state index contributed by atoms with van der Waals surface area (Å²) in [6, 6.07) is 9.49. The molecule has 2 rings (SSSR count). The van der Waals surface area contributed by atoms with Crippen molar-refractivity contribution in [1.29, 1.82) is 0 Å². The molecule has 0 radical (unpaired) electrons. The molecule has 21 heavy (non-hydrogen) atoms. The molecule has 2 aromatic rings. The molecular formula is C17H20ClNO2. The molecule has 0 saturated heterocycles. The van der Waals surface area contributed by atoms with Gasteiger partial charge in [-0.15, -0.1) is 0 Å². The SMILES string of the molecule is COc1ccc(C(N)c2cc(C)c(Cl)cc2C)cc1OC. The van der Waals surface area contributed by atoms with Crippen molar-refractivity contribution >= 4 is 11.6 Å². The standard InChI is InChI=1S/C17H20ClNO2/c1-10-8-14(18)11(2)7-13(10)17(19)12-5-6-15(20-3)16(9-12)21-4/h5-9,17H,19H2,1-4H3. The van der Waals surface area contributed by atoms with Crippen LogP contribution >= 0.6 is 11.6 Å². The summed E-state index contributed by atoms with van der Waals surface area (Å²) in [6.07, 6.45) is 0. The van der Waals surface area contributed by atoms with Crippen LogP contribution in [0.1, 0.15) is 28.3 Å². The second kappa shape index (κ2) is 6.37. The van der Waals surface area contributed by atoms with E-state index in [-0.39, 0.29) is 6.04 Å². The van der Waals surface area contributed by atoms with Gasteiger partial charge in [0.2, 0.25) is 0 Å². The molecule has 4 heteroatoms. The monoisotopic (exact) mass is 305 g/mol. The van der Waals surface area contributed by atoms with Crippen LogP contribution in [0.5, 0.6) is 11.5 Å². The van der Waals surface area contributed by atoms with Gasteiger partial charge in [0.25, 0.3) is 0 Å². The lowest BCUT2D eigenvalue weighted by Crippen LogP contribution is -2.14. The minimum Gasteiger partial charge on any atom is -0.493 e. The molecule has 1 unspecified atom stereocenters. The smallest absolute Gasteiger partial charge is 0.161 e. The number of methoxy groups -OCH3 is 2. The summed E-state index contributed by atoms with van der Waals surface area (Å²) in [7, 11) is 3.23. The van der Waals surface area contributed by atoms with E-state index in [1.165, 1.54) is 0 Å². The fourth-order valence-electron chi connectivity index (χ4n) is 2.36. The Bertz CT molecular complexity index is 655. The zero-order valence-electron chi connectivity index (χ0n) is 12.7. The van der Waals surface area contributed by atoms with Crippen LogP contribution in [0.25, 0.3) is 0 Å². The van der Waals surface area contributed by atoms with E-state index < -0.39 is 0 Å². The number of aryl methyl sites for hydroxylation is 2. The summed E-state index contributed by atoms with van der Waals surface area (Å²) in [5, 5.41) is 0.760. The fourth-order valence-corrected chi connectivity index (χ4v) is 2.58. The summed E-state index contributed by atoms with van der Waals surface area (Å²) in [6.45, 7) is 3.99. The van der Waals surface area contributed by atoms with E-state index in [1.54, 1.807) is 14.2 Å². The lowest BCUT2D eigenvalue weighted by atomic mass is 9.94. The maximum Gasteiger partial charge on any atom is 0.161 e. The van der Waals surface area contributed by atoms with Crippen LogP contribution in [-0.4, -0.2) is 14.2 Å². The minimum atomic E-state index is -0.235. The fraction of sp³-hybridized carbons (Fsp3) is 0.294. The van der Waals surface area contributed by atoms with E-state index in [0.29, 0.717) is 11.5 Å². The molecule has 0 amide bonds. The van der Waals surface area contributed by atoms with E-state index in [4.69, 9.17) is 26.8 Å². The van der Waals surface area contributed by atoms with Crippen LogP contribution in [-0.2, 0) is 0 Å². The third-order valence-electron chi connectivity index (χ3n) is 3.65. The number of nitrogens with two attached hydrogens (primary N) is 1. The van der Waals surface area contributed by atoms with Crippen LogP contribution in [0.2, 0.25) is 5.02 Å². The summed E-state index contributed by atoms with van der Waals surface area (Å²) in [5.74, 6) is 1.37. The number of rotatable bonds is 4. The average molecular weight is 306 g/mol. The number of hydrogen-bond donors (Lipinski definition) is 1. The summed E-state index contributed by atoms with van der Waals surface area (Å²) in [5.41, 5.74) is 10.5. The van der Waals surface area contributed by atoms with E-state index in [9.17, 15) is 0 Å². The Morgan fingerprint density at radius 3 is 2.24 bits per heavy atom. The Balaban J connectivity index is 2.45. The molecule has 0 aromatic heterocycles. The minimum absolute atomic E-state index is 0.235. The molecule has 2 aromatic carbocycles. The van der Waals surface area contributed by atoms with Gasteiger partial charge in [0.1, 0.15) is 0 Å². The zero-order valence-corrected chi connectivity index (χ0v) is 13.5. The van der Waals surface area contributed by atoms with Crippen molar-refractivity contribution in [2.75, 3.05) is 14.2 Å². The van der Waals surface area contributed by atoms with Crippen LogP contribution in [0.4, 0.5) is 0 Å². The molecule has 112 valence electrons. The molecule has 0 aliphatic rings. The third-order valence-corrected chi connectivity index (χ3v) is 4.06. The van der Waals surface area contributed by atoms with Crippen LogP contribution in [0, 0.1) is 13.8 Å². The Kier molecular flexibility index (Phi) is 4.76. The van der Waals surface area contributed by atoms with Crippen LogP contribution < -0.4 is 15.2 Å². The molecular weight excluding hydrogens is 286 g/mol. The van der Waals surface area contributed by atoms with Gasteiger partial charge in [-0.3, -0.25) is 0 Å². The van der Waals surface area contributed by atoms with Gasteiger partial charge in [0.15, 0.2) is 11.5 Å². The van der Waals surface area contributed by atoms with Gasteiger partial charge in [-0.05, 0) is 54.3 Å². The van der Waals surface area contributed by atoms with E-state index in [1.807, 2.05) is 44.2 Å². The first kappa shape index (κ1) is 15.7. The van der Waals surface area contributed by atoms with Crippen molar-refractivity contribution in [2.24, 2.45) is 5.73 Å². The molecule has 1 atom stereocenters. The van der Waals surface area contributed by atoms with Crippen LogP contribution in [0.15, 0.2) is 30.3 Å². The number of ether oxygens (including phenoxy) is 2. The molecule has 2 N–H and O–H groups in total. The molecule has 0 heterocycles. The van der Waals surface area contributed by atoms with Crippen molar-refractivity contribution in [3.05, 3.63) is 57.6 Å². The van der Waals surface area contributed by atoms with E-state index in [0.717, 1.165) is 27.3 Å². The van der Waals surface area contributed by atoms with E-state index >= 15 is 0 Å². The average Bonchev–Trinajstić information content (AvgIpc) is 2.49. The molecule has 0 saturated carbocycles. The van der Waals surface area contributed by atoms with Crippen molar-refractivity contribution in [3.8, 4) is 11.5 Å². The van der Waals surface area contributed by atoms with Crippen molar-refractivity contribution in [3.63, 3.8) is 0 Å². The van der Waals surface area contributed by atoms with Gasteiger partial charge in [-0.2, -0.15) is 0 Å². The second-order valence-corrected chi connectivity index (χ2v) is 5.46. The highest BCUT2D eigenvalue weighted by Gasteiger charge is 2.15. The first-order valence-corrected chi connectivity index (χ1v) is 7.10. The first-order chi connectivity index (χ1) is 9.97. The summed E-state index contributed by atoms with van der Waals surface area (Å²) in [4.78, 5) is 0. The first-order valence-electron chi connectivity index (χ1n) is 6.72. The Morgan fingerprint density at radius 1 is 0.952 bits per heavy atom. The van der Waals surface area contributed by atoms with Crippen LogP contribution in [0.3, 0.4) is 0 Å². The molecule has 0 fully saturated rings. The Hall–Kier alpha value is -1.71. The molecule has 0 spiro atoms. The van der Waals surface area contributed by atoms with Gasteiger partial charge in [-0.25, -0.2) is 0 Å². The summed E-state index contributed by atoms with van der Waals surface area (Å²) < 4.78 is 10.6. The maximum atomic E-state index is 6.41. The van der Waals surface area contributed by atoms with Crippen molar-refractivity contribution < 1.29 is 9.47 Å². The highest BCUT2D eigenvalue weighted by Crippen LogP contribution is 2.33. The molecule has 0 bridgehead atoms. The lowest BCUT2D eigenvalue weighted by molar-refractivity contribution is 0.354. The Morgan fingerprint density at radius 2 is 1.62 bits per heavy atom. The normalized spacial score (nSPS) is 12.1. The third kappa shape index (κ3) is 3.14. The quantitative estimate of drug-likeness (QED) is 0.928. The van der Waals surface area contributed by atoms with Gasteiger partial charge >= 0.3 is 0 Å². The predicted octanol–water partition coefficient (Wildman–Crippen LogP) is 4.02. The highest BCUT2D eigenvalue weighted by atomic mass is 35.5. The predicted molar refractivity (Wildman–Crippen MR) is 86.5 cm³/mol. The van der Waals surface area contributed by atoms with E-state index in [2.05, 4.69) is 0 Å². The largest absolute Gasteiger partial charge is 0.493 e. The number of hydrogen-bond acceptors (Lipinski definition) is 3. The van der Waals surface area contributed by atoms with Gasteiger partial charge < -0.3 is 15.2 Å². The summed E-state index contributed by atoms with van der Waals surface area (Å²) >= 11 is 6.15. The topological polar surface area (TPSA) is 44.5 Å². The van der Waals surface area contributed by atoms with Gasteiger partial charge in [0, 0.05) is 5.02 Å². The molecule has 3 nitrogen and oxygen atoms in total. The Labute approximate surface area is 130 Å². The lowest BCUT2D eigenvalue weighted by Gasteiger charge is -2.18. The number of halogens is 1. The van der Waals surface area contributed by atoms with Crippen molar-refractivity contribution in [2.45, 2.75) is 19.9 Å². The maximum absolute atomic E-state index is 6.41.